The van der Waals surface area contributed by atoms with Crippen molar-refractivity contribution in [2.24, 2.45) is 0 Å². The summed E-state index contributed by atoms with van der Waals surface area (Å²) in [7, 11) is -3.90. The van der Waals surface area contributed by atoms with Crippen LogP contribution in [0.3, 0.4) is 0 Å². The fourth-order valence-electron chi connectivity index (χ4n) is 4.73. The topological polar surface area (TPSA) is 87.5 Å². The van der Waals surface area contributed by atoms with E-state index in [1.807, 2.05) is 31.2 Å². The van der Waals surface area contributed by atoms with Crippen molar-refractivity contribution < 1.29 is 13.2 Å². The molecule has 35 heavy (non-hydrogen) atoms. The first kappa shape index (κ1) is 24.3. The Morgan fingerprint density at radius 2 is 1.69 bits per heavy atom. The van der Waals surface area contributed by atoms with E-state index < -0.39 is 15.6 Å². The highest BCUT2D eigenvalue weighted by Crippen LogP contribution is 2.44. The zero-order valence-corrected chi connectivity index (χ0v) is 21.7. The lowest BCUT2D eigenvalue weighted by Crippen LogP contribution is -2.48. The molecule has 3 aromatic rings. The number of carbonyl (C=O) groups is 1. The molecule has 1 atom stereocenters. The molecule has 2 aliphatic heterocycles. The molecule has 0 bridgehead atoms. The number of imidazole rings is 1. The Bertz CT molecular complexity index is 1380. The number of hydrogen-bond acceptors (Lipinski definition) is 5. The van der Waals surface area contributed by atoms with Crippen LogP contribution >= 0.6 is 23.2 Å². The van der Waals surface area contributed by atoms with Gasteiger partial charge in [-0.1, -0.05) is 53.0 Å². The van der Waals surface area contributed by atoms with E-state index in [1.54, 1.807) is 29.7 Å². The lowest BCUT2D eigenvalue weighted by molar-refractivity contribution is -0.124. The number of anilines is 2. The minimum atomic E-state index is -3.90. The Kier molecular flexibility index (Phi) is 6.17. The quantitative estimate of drug-likeness (QED) is 0.539. The summed E-state index contributed by atoms with van der Waals surface area (Å²) in [5, 5.41) is 3.88. The molecular weight excluding hydrogens is 509 g/mol. The Morgan fingerprint density at radius 1 is 1.06 bits per heavy atom. The van der Waals surface area contributed by atoms with Gasteiger partial charge in [-0.3, -0.25) is 9.36 Å². The molecule has 0 spiro atoms. The van der Waals surface area contributed by atoms with Gasteiger partial charge in [-0.15, -0.1) is 0 Å². The van der Waals surface area contributed by atoms with E-state index in [4.69, 9.17) is 23.2 Å². The fourth-order valence-corrected chi connectivity index (χ4v) is 6.88. The highest BCUT2D eigenvalue weighted by molar-refractivity contribution is 7.89. The van der Waals surface area contributed by atoms with Gasteiger partial charge in [0, 0.05) is 42.6 Å². The van der Waals surface area contributed by atoms with Crippen molar-refractivity contribution in [3.05, 3.63) is 69.8 Å². The number of aromatic nitrogens is 2. The highest BCUT2D eigenvalue weighted by Gasteiger charge is 2.52. The molecule has 0 aliphatic carbocycles. The molecule has 2 aliphatic rings. The number of carbonyl (C=O) groups excluding carboxylic acids is 1. The minimum absolute atomic E-state index is 0.00649. The number of halogens is 2. The van der Waals surface area contributed by atoms with E-state index in [0.717, 1.165) is 11.1 Å². The van der Waals surface area contributed by atoms with Crippen LogP contribution in [-0.4, -0.2) is 54.4 Å². The van der Waals surface area contributed by atoms with Gasteiger partial charge in [0.2, 0.25) is 5.95 Å². The van der Waals surface area contributed by atoms with E-state index in [2.05, 4.69) is 10.3 Å². The van der Waals surface area contributed by atoms with Crippen molar-refractivity contribution >= 4 is 50.8 Å². The number of aryl methyl sites for hydroxylation is 1. The second-order valence-electron chi connectivity index (χ2n) is 9.09. The molecule has 0 radical (unpaired) electrons. The average Bonchev–Trinajstić information content (AvgIpc) is 3.34. The van der Waals surface area contributed by atoms with Crippen molar-refractivity contribution in [1.29, 1.82) is 0 Å². The van der Waals surface area contributed by atoms with Crippen LogP contribution in [0.25, 0.3) is 0 Å². The Hall–Kier alpha value is -2.43. The third-order valence-corrected chi connectivity index (χ3v) is 8.82. The van der Waals surface area contributed by atoms with Crippen LogP contribution in [-0.2, 0) is 26.8 Å². The SMILES string of the molecule is Cc1ccc(C[C@]2(C)C(=O)N(c3cc(Cl)cc(Cl)c3)c3ncc(S(=O)(=O)N4CCNCC4)n32)cc1. The summed E-state index contributed by atoms with van der Waals surface area (Å²) < 4.78 is 30.4. The van der Waals surface area contributed by atoms with E-state index in [0.29, 0.717) is 41.9 Å². The van der Waals surface area contributed by atoms with Crippen molar-refractivity contribution in [2.45, 2.75) is 30.8 Å². The van der Waals surface area contributed by atoms with Gasteiger partial charge in [-0.05, 0) is 37.6 Å². The van der Waals surface area contributed by atoms with E-state index in [9.17, 15) is 13.2 Å². The fraction of sp³-hybridized carbons (Fsp3) is 0.333. The lowest BCUT2D eigenvalue weighted by atomic mass is 9.91. The minimum Gasteiger partial charge on any atom is -0.314 e. The van der Waals surface area contributed by atoms with E-state index in [1.165, 1.54) is 15.4 Å². The average molecular weight is 534 g/mol. The molecule has 1 saturated heterocycles. The summed E-state index contributed by atoms with van der Waals surface area (Å²) >= 11 is 12.5. The second-order valence-corrected chi connectivity index (χ2v) is 11.8. The van der Waals surface area contributed by atoms with Crippen LogP contribution in [0.15, 0.2) is 53.7 Å². The molecule has 0 saturated carbocycles. The van der Waals surface area contributed by atoms with Crippen LogP contribution in [0, 0.1) is 6.92 Å². The van der Waals surface area contributed by atoms with Gasteiger partial charge >= 0.3 is 0 Å². The number of fused-ring (bicyclic) bond motifs is 1. The zero-order valence-electron chi connectivity index (χ0n) is 19.3. The van der Waals surface area contributed by atoms with Crippen molar-refractivity contribution in [1.82, 2.24) is 19.2 Å². The largest absolute Gasteiger partial charge is 0.314 e. The van der Waals surface area contributed by atoms with Gasteiger partial charge < -0.3 is 5.32 Å². The summed E-state index contributed by atoms with van der Waals surface area (Å²) in [5.41, 5.74) is 1.18. The first-order chi connectivity index (χ1) is 16.6. The zero-order chi connectivity index (χ0) is 25.0. The van der Waals surface area contributed by atoms with Crippen molar-refractivity contribution in [3.8, 4) is 0 Å². The maximum Gasteiger partial charge on any atom is 0.260 e. The number of benzene rings is 2. The van der Waals surface area contributed by atoms with Gasteiger partial charge in [-0.25, -0.2) is 18.3 Å². The van der Waals surface area contributed by atoms with Gasteiger partial charge in [0.25, 0.3) is 15.9 Å². The number of piperazine rings is 1. The third kappa shape index (κ3) is 4.15. The summed E-state index contributed by atoms with van der Waals surface area (Å²) in [6.07, 6.45) is 1.62. The van der Waals surface area contributed by atoms with E-state index >= 15 is 0 Å². The van der Waals surface area contributed by atoms with Gasteiger partial charge in [0.05, 0.1) is 11.9 Å². The number of amides is 1. The summed E-state index contributed by atoms with van der Waals surface area (Å²) in [6, 6.07) is 12.7. The number of rotatable bonds is 5. The molecule has 3 heterocycles. The van der Waals surface area contributed by atoms with Crippen LogP contribution in [0.5, 0.6) is 0 Å². The van der Waals surface area contributed by atoms with Crippen LogP contribution in [0.4, 0.5) is 11.6 Å². The molecule has 184 valence electrons. The van der Waals surface area contributed by atoms with Crippen LogP contribution in [0.1, 0.15) is 18.1 Å². The second kappa shape index (κ2) is 8.90. The number of nitrogens with one attached hydrogen (secondary N) is 1. The smallest absolute Gasteiger partial charge is 0.260 e. The maximum atomic E-state index is 14.1. The molecule has 1 aromatic heterocycles. The summed E-state index contributed by atoms with van der Waals surface area (Å²) in [5.74, 6) is -0.0899. The molecule has 11 heteroatoms. The Labute approximate surface area is 214 Å². The van der Waals surface area contributed by atoms with E-state index in [-0.39, 0.29) is 23.3 Å². The van der Waals surface area contributed by atoms with Crippen molar-refractivity contribution in [3.63, 3.8) is 0 Å². The molecule has 1 fully saturated rings. The highest BCUT2D eigenvalue weighted by atomic mass is 35.5. The number of hydrogen-bond donors (Lipinski definition) is 1. The maximum absolute atomic E-state index is 14.1. The monoisotopic (exact) mass is 533 g/mol. The Morgan fingerprint density at radius 3 is 2.31 bits per heavy atom. The first-order valence-electron chi connectivity index (χ1n) is 11.3. The molecule has 8 nitrogen and oxygen atoms in total. The molecule has 0 unspecified atom stereocenters. The molecule has 5 rings (SSSR count). The van der Waals surface area contributed by atoms with Crippen LogP contribution in [0.2, 0.25) is 10.0 Å². The van der Waals surface area contributed by atoms with Gasteiger partial charge in [-0.2, -0.15) is 4.31 Å². The van der Waals surface area contributed by atoms with Crippen molar-refractivity contribution in [2.75, 3.05) is 31.1 Å². The van der Waals surface area contributed by atoms with Crippen LogP contribution < -0.4 is 10.2 Å². The molecule has 1 amide bonds. The standard InChI is InChI=1S/C24H25Cl2N5O3S/c1-16-3-5-17(6-4-16)14-24(2)22(32)30(20-12-18(25)11-19(26)13-20)23-28-15-21(31(23)24)35(33,34)29-9-7-27-8-10-29/h3-6,11-13,15,27H,7-10,14H2,1-2H3/t24-/m1/s1. The first-order valence-corrected chi connectivity index (χ1v) is 13.5. The Balaban J connectivity index is 1.68. The molecule has 1 N–H and O–H groups in total. The lowest BCUT2D eigenvalue weighted by Gasteiger charge is -2.30. The predicted molar refractivity (Wildman–Crippen MR) is 136 cm³/mol. The summed E-state index contributed by atoms with van der Waals surface area (Å²) in [6.45, 7) is 5.56. The molecule has 2 aromatic carbocycles. The normalized spacial score (nSPS) is 20.9. The third-order valence-electron chi connectivity index (χ3n) is 6.52. The summed E-state index contributed by atoms with van der Waals surface area (Å²) in [4.78, 5) is 19.9. The number of nitrogens with zero attached hydrogens (tertiary/aromatic N) is 4. The van der Waals surface area contributed by atoms with Gasteiger partial charge in [0.1, 0.15) is 5.54 Å². The number of sulfonamides is 1. The predicted octanol–water partition coefficient (Wildman–Crippen LogP) is 3.73. The van der Waals surface area contributed by atoms with Gasteiger partial charge in [0.15, 0.2) is 5.03 Å². The molecular formula is C24H25Cl2N5O3S.